The second-order valence-corrected chi connectivity index (χ2v) is 5.18. The molecular weight excluding hydrogens is 330 g/mol. The Balaban J connectivity index is 2.73. The van der Waals surface area contributed by atoms with Crippen LogP contribution in [0.5, 0.6) is 0 Å². The molecule has 0 aliphatic heterocycles. The number of halogens is 1. The van der Waals surface area contributed by atoms with Gasteiger partial charge < -0.3 is 20.6 Å². The van der Waals surface area contributed by atoms with Crippen LogP contribution in [-0.2, 0) is 4.79 Å². The predicted octanol–water partition coefficient (Wildman–Crippen LogP) is 1.07. The van der Waals surface area contributed by atoms with Crippen LogP contribution in [0.25, 0.3) is 0 Å². The van der Waals surface area contributed by atoms with Crippen LogP contribution < -0.4 is 5.32 Å². The normalized spacial score (nSPS) is 13.6. The van der Waals surface area contributed by atoms with Crippen LogP contribution in [0, 0.1) is 0 Å². The molecule has 0 radical (unpaired) electrons. The molecular formula is C13H16BrNO5. The first kappa shape index (κ1) is 16.6. The zero-order valence-electron chi connectivity index (χ0n) is 10.8. The number of aliphatic hydroxyl groups excluding tert-OH is 2. The van der Waals surface area contributed by atoms with Crippen molar-refractivity contribution in [3.05, 3.63) is 33.8 Å². The molecule has 0 aliphatic rings. The van der Waals surface area contributed by atoms with Crippen molar-refractivity contribution in [2.75, 3.05) is 6.54 Å². The fourth-order valence-electron chi connectivity index (χ4n) is 1.66. The predicted molar refractivity (Wildman–Crippen MR) is 75.4 cm³/mol. The summed E-state index contributed by atoms with van der Waals surface area (Å²) in [6, 6.07) is 4.16. The number of carboxylic acid groups (broad SMARTS) is 1. The smallest absolute Gasteiger partial charge is 0.335 e. The van der Waals surface area contributed by atoms with Crippen LogP contribution in [0.3, 0.4) is 0 Å². The Morgan fingerprint density at radius 3 is 2.50 bits per heavy atom. The van der Waals surface area contributed by atoms with Gasteiger partial charge in [0.2, 0.25) is 5.91 Å². The highest BCUT2D eigenvalue weighted by Crippen LogP contribution is 2.27. The molecule has 2 atom stereocenters. The summed E-state index contributed by atoms with van der Waals surface area (Å²) in [5.41, 5.74) is 0.478. The van der Waals surface area contributed by atoms with Crippen molar-refractivity contribution in [2.24, 2.45) is 0 Å². The van der Waals surface area contributed by atoms with Crippen molar-refractivity contribution in [3.8, 4) is 0 Å². The molecule has 4 N–H and O–H groups in total. The summed E-state index contributed by atoms with van der Waals surface area (Å²) in [7, 11) is 0. The number of carboxylic acids is 1. The molecule has 1 rings (SSSR count). The molecule has 0 saturated heterocycles. The maximum Gasteiger partial charge on any atom is 0.335 e. The molecule has 20 heavy (non-hydrogen) atoms. The summed E-state index contributed by atoms with van der Waals surface area (Å²) in [5.74, 6) is -1.28. The molecule has 0 fully saturated rings. The molecule has 0 aliphatic carbocycles. The molecule has 110 valence electrons. The Labute approximate surface area is 124 Å². The van der Waals surface area contributed by atoms with Gasteiger partial charge in [-0.2, -0.15) is 0 Å². The second kappa shape index (κ2) is 7.37. The quantitative estimate of drug-likeness (QED) is 0.616. The number of nitrogens with one attached hydrogen (secondary N) is 1. The van der Waals surface area contributed by atoms with Gasteiger partial charge in [-0.1, -0.05) is 22.0 Å². The average molecular weight is 346 g/mol. The molecule has 1 aromatic carbocycles. The van der Waals surface area contributed by atoms with E-state index in [0.717, 1.165) is 0 Å². The minimum atomic E-state index is -1.17. The van der Waals surface area contributed by atoms with E-state index in [9.17, 15) is 19.8 Å². The lowest BCUT2D eigenvalue weighted by Gasteiger charge is -2.19. The highest BCUT2D eigenvalue weighted by atomic mass is 79.9. The number of aromatic carboxylic acids is 1. The van der Waals surface area contributed by atoms with Crippen molar-refractivity contribution < 1.29 is 24.9 Å². The minimum absolute atomic E-state index is 0.0839. The zero-order valence-corrected chi connectivity index (χ0v) is 12.4. The second-order valence-electron chi connectivity index (χ2n) is 4.33. The monoisotopic (exact) mass is 345 g/mol. The summed E-state index contributed by atoms with van der Waals surface area (Å²) in [4.78, 5) is 21.5. The molecule has 1 aromatic rings. The summed E-state index contributed by atoms with van der Waals surface area (Å²) in [6.45, 7) is 1.61. The maximum atomic E-state index is 10.8. The zero-order chi connectivity index (χ0) is 15.3. The molecule has 0 spiro atoms. The molecule has 7 heteroatoms. The number of carbonyl (C=O) groups excluding carboxylic acids is 1. The standard InChI is InChI=1S/C13H16BrNO5/c1-7(16)15-5-4-11(17)12(18)9-3-2-8(13(19)20)6-10(9)14/h2-3,6,11-12,17-18H,4-5H2,1H3,(H,15,16)(H,19,20). The van der Waals surface area contributed by atoms with Gasteiger partial charge in [0.25, 0.3) is 0 Å². The van der Waals surface area contributed by atoms with Gasteiger partial charge in [-0.25, -0.2) is 4.79 Å². The Bertz CT molecular complexity index is 506. The van der Waals surface area contributed by atoms with E-state index in [1.165, 1.54) is 25.1 Å². The molecule has 2 unspecified atom stereocenters. The van der Waals surface area contributed by atoms with Gasteiger partial charge in [0.15, 0.2) is 0 Å². The van der Waals surface area contributed by atoms with Crippen LogP contribution in [0.2, 0.25) is 0 Å². The van der Waals surface area contributed by atoms with E-state index in [-0.39, 0.29) is 24.4 Å². The van der Waals surface area contributed by atoms with Gasteiger partial charge in [0.1, 0.15) is 6.10 Å². The summed E-state index contributed by atoms with van der Waals surface area (Å²) < 4.78 is 0.406. The van der Waals surface area contributed by atoms with Crippen LogP contribution in [-0.4, -0.2) is 39.8 Å². The number of aliphatic hydroxyl groups is 2. The maximum absolute atomic E-state index is 10.8. The lowest BCUT2D eigenvalue weighted by molar-refractivity contribution is -0.119. The largest absolute Gasteiger partial charge is 0.478 e. The summed E-state index contributed by atoms with van der Waals surface area (Å²) in [6.07, 6.45) is -2.04. The van der Waals surface area contributed by atoms with Crippen LogP contribution in [0.15, 0.2) is 22.7 Å². The first-order valence-electron chi connectivity index (χ1n) is 5.96. The highest BCUT2D eigenvalue weighted by Gasteiger charge is 2.21. The van der Waals surface area contributed by atoms with E-state index >= 15 is 0 Å². The van der Waals surface area contributed by atoms with E-state index in [1.54, 1.807) is 0 Å². The summed E-state index contributed by atoms with van der Waals surface area (Å²) in [5, 5.41) is 31.2. The van der Waals surface area contributed by atoms with E-state index in [4.69, 9.17) is 5.11 Å². The number of rotatable bonds is 6. The van der Waals surface area contributed by atoms with Gasteiger partial charge in [-0.15, -0.1) is 0 Å². The number of carbonyl (C=O) groups is 2. The van der Waals surface area contributed by atoms with Crippen molar-refractivity contribution in [3.63, 3.8) is 0 Å². The fraction of sp³-hybridized carbons (Fsp3) is 0.385. The van der Waals surface area contributed by atoms with E-state index in [0.29, 0.717) is 10.0 Å². The molecule has 1 amide bonds. The van der Waals surface area contributed by atoms with Gasteiger partial charge >= 0.3 is 5.97 Å². The van der Waals surface area contributed by atoms with Gasteiger partial charge in [-0.3, -0.25) is 4.79 Å². The topological polar surface area (TPSA) is 107 Å². The van der Waals surface area contributed by atoms with Crippen LogP contribution >= 0.6 is 15.9 Å². The number of benzene rings is 1. The first-order chi connectivity index (χ1) is 9.32. The number of hydrogen-bond donors (Lipinski definition) is 4. The van der Waals surface area contributed by atoms with Gasteiger partial charge in [0.05, 0.1) is 11.7 Å². The van der Waals surface area contributed by atoms with Crippen molar-refractivity contribution in [1.82, 2.24) is 5.32 Å². The Kier molecular flexibility index (Phi) is 6.12. The molecule has 6 nitrogen and oxygen atoms in total. The molecule has 0 heterocycles. The Morgan fingerprint density at radius 2 is 2.00 bits per heavy atom. The van der Waals surface area contributed by atoms with Crippen LogP contribution in [0.4, 0.5) is 0 Å². The van der Waals surface area contributed by atoms with Crippen molar-refractivity contribution in [2.45, 2.75) is 25.6 Å². The fourth-order valence-corrected chi connectivity index (χ4v) is 2.27. The number of amides is 1. The van der Waals surface area contributed by atoms with Gasteiger partial charge in [-0.05, 0) is 24.1 Å². The third-order valence-corrected chi connectivity index (χ3v) is 3.43. The highest BCUT2D eigenvalue weighted by molar-refractivity contribution is 9.10. The first-order valence-corrected chi connectivity index (χ1v) is 6.75. The SMILES string of the molecule is CC(=O)NCCC(O)C(O)c1ccc(C(=O)O)cc1Br. The summed E-state index contributed by atoms with van der Waals surface area (Å²) >= 11 is 3.17. The number of hydrogen-bond acceptors (Lipinski definition) is 4. The van der Waals surface area contributed by atoms with Crippen LogP contribution in [0.1, 0.15) is 35.4 Å². The van der Waals surface area contributed by atoms with Crippen molar-refractivity contribution >= 4 is 27.8 Å². The lowest BCUT2D eigenvalue weighted by atomic mass is 10.0. The molecule has 0 saturated carbocycles. The van der Waals surface area contributed by atoms with E-state index in [2.05, 4.69) is 21.2 Å². The molecule has 0 bridgehead atoms. The lowest BCUT2D eigenvalue weighted by Crippen LogP contribution is -2.27. The van der Waals surface area contributed by atoms with E-state index in [1.807, 2.05) is 0 Å². The van der Waals surface area contributed by atoms with E-state index < -0.39 is 18.2 Å². The van der Waals surface area contributed by atoms with Gasteiger partial charge in [0, 0.05) is 17.9 Å². The molecule has 0 aromatic heterocycles. The average Bonchev–Trinajstić information content (AvgIpc) is 2.37. The third-order valence-electron chi connectivity index (χ3n) is 2.74. The third kappa shape index (κ3) is 4.59. The Morgan fingerprint density at radius 1 is 1.35 bits per heavy atom. The Hall–Kier alpha value is -1.44. The minimum Gasteiger partial charge on any atom is -0.478 e. The van der Waals surface area contributed by atoms with Crippen molar-refractivity contribution in [1.29, 1.82) is 0 Å².